The Morgan fingerprint density at radius 1 is 1.39 bits per heavy atom. The quantitative estimate of drug-likeness (QED) is 0.898. The molecule has 1 heterocycles. The van der Waals surface area contributed by atoms with Crippen LogP contribution < -0.4 is 11.3 Å². The molecule has 0 amide bonds. The molecule has 2 rings (SSSR count). The molecule has 0 aliphatic carbocycles. The second kappa shape index (κ2) is 5.31. The normalized spacial score (nSPS) is 12.8. The monoisotopic (exact) mass is 245 g/mol. The highest BCUT2D eigenvalue weighted by molar-refractivity contribution is 5.77. The summed E-state index contributed by atoms with van der Waals surface area (Å²) in [6, 6.07) is 7.18. The van der Waals surface area contributed by atoms with Crippen LogP contribution in [-0.2, 0) is 6.54 Å². The molecule has 1 aromatic carbocycles. The molecule has 0 saturated carbocycles. The van der Waals surface area contributed by atoms with Crippen molar-refractivity contribution < 1.29 is 0 Å². The molecule has 0 unspecified atom stereocenters. The summed E-state index contributed by atoms with van der Waals surface area (Å²) >= 11 is 0. The molecule has 0 saturated heterocycles. The highest BCUT2D eigenvalue weighted by atomic mass is 16.1. The Kier molecular flexibility index (Phi) is 3.77. The van der Waals surface area contributed by atoms with Gasteiger partial charge in [-0.05, 0) is 25.5 Å². The molecule has 1 atom stereocenters. The van der Waals surface area contributed by atoms with E-state index in [-0.39, 0.29) is 11.6 Å². The van der Waals surface area contributed by atoms with Gasteiger partial charge in [-0.1, -0.05) is 25.5 Å². The third kappa shape index (κ3) is 2.29. The van der Waals surface area contributed by atoms with Crippen LogP contribution in [0.15, 0.2) is 29.1 Å². The van der Waals surface area contributed by atoms with E-state index < -0.39 is 0 Å². The maximum Gasteiger partial charge on any atom is 0.261 e. The molecule has 1 aromatic heterocycles. The number of nitrogens with zero attached hydrogens (tertiary/aromatic N) is 2. The number of benzene rings is 1. The van der Waals surface area contributed by atoms with Crippen molar-refractivity contribution in [1.29, 1.82) is 0 Å². The van der Waals surface area contributed by atoms with Gasteiger partial charge in [-0.15, -0.1) is 0 Å². The first-order valence-corrected chi connectivity index (χ1v) is 6.40. The molecule has 96 valence electrons. The van der Waals surface area contributed by atoms with E-state index in [2.05, 4.69) is 11.9 Å². The van der Waals surface area contributed by atoms with Crippen molar-refractivity contribution in [3.8, 4) is 0 Å². The molecule has 0 fully saturated rings. The van der Waals surface area contributed by atoms with Gasteiger partial charge in [-0.3, -0.25) is 9.36 Å². The standard InChI is InChI=1S/C14H19N3O/c1-3-4-9-17-13(10(2)15)16-12-8-6-5-7-11(12)14(17)18/h5-8,10H,3-4,9,15H2,1-2H3/t10-/m0/s1. The fourth-order valence-corrected chi connectivity index (χ4v) is 2.07. The molecular formula is C14H19N3O. The highest BCUT2D eigenvalue weighted by Gasteiger charge is 2.12. The van der Waals surface area contributed by atoms with E-state index in [0.29, 0.717) is 17.8 Å². The van der Waals surface area contributed by atoms with Crippen molar-refractivity contribution >= 4 is 10.9 Å². The fourth-order valence-electron chi connectivity index (χ4n) is 2.07. The molecule has 0 bridgehead atoms. The zero-order valence-electron chi connectivity index (χ0n) is 10.9. The second-order valence-corrected chi connectivity index (χ2v) is 4.59. The van der Waals surface area contributed by atoms with Gasteiger partial charge in [0.1, 0.15) is 5.82 Å². The van der Waals surface area contributed by atoms with Gasteiger partial charge in [0.25, 0.3) is 5.56 Å². The Morgan fingerprint density at radius 2 is 2.11 bits per heavy atom. The van der Waals surface area contributed by atoms with Gasteiger partial charge in [-0.2, -0.15) is 0 Å². The maximum atomic E-state index is 12.4. The Balaban J connectivity index is 2.67. The molecule has 4 heteroatoms. The van der Waals surface area contributed by atoms with Crippen LogP contribution >= 0.6 is 0 Å². The number of aromatic nitrogens is 2. The van der Waals surface area contributed by atoms with Crippen molar-refractivity contribution in [3.63, 3.8) is 0 Å². The van der Waals surface area contributed by atoms with Crippen LogP contribution in [0.4, 0.5) is 0 Å². The first kappa shape index (κ1) is 12.8. The lowest BCUT2D eigenvalue weighted by Crippen LogP contribution is -2.28. The highest BCUT2D eigenvalue weighted by Crippen LogP contribution is 2.12. The first-order chi connectivity index (χ1) is 8.65. The second-order valence-electron chi connectivity index (χ2n) is 4.59. The van der Waals surface area contributed by atoms with Crippen molar-refractivity contribution in [2.24, 2.45) is 5.73 Å². The van der Waals surface area contributed by atoms with E-state index in [0.717, 1.165) is 18.4 Å². The van der Waals surface area contributed by atoms with Crippen molar-refractivity contribution in [1.82, 2.24) is 9.55 Å². The fraction of sp³-hybridized carbons (Fsp3) is 0.429. The van der Waals surface area contributed by atoms with Crippen molar-refractivity contribution in [2.75, 3.05) is 0 Å². The van der Waals surface area contributed by atoms with Gasteiger partial charge in [0.2, 0.25) is 0 Å². The van der Waals surface area contributed by atoms with E-state index in [9.17, 15) is 4.79 Å². The minimum atomic E-state index is -0.237. The summed E-state index contributed by atoms with van der Waals surface area (Å²) in [6.07, 6.45) is 2.00. The number of rotatable bonds is 4. The predicted octanol–water partition coefficient (Wildman–Crippen LogP) is 2.22. The molecule has 2 N–H and O–H groups in total. The van der Waals surface area contributed by atoms with E-state index >= 15 is 0 Å². The SMILES string of the molecule is CCCCn1c([C@H](C)N)nc2ccccc2c1=O. The number of unbranched alkanes of at least 4 members (excludes halogenated alkanes) is 1. The lowest BCUT2D eigenvalue weighted by atomic mass is 10.2. The molecule has 0 radical (unpaired) electrons. The number of fused-ring (bicyclic) bond motifs is 1. The summed E-state index contributed by atoms with van der Waals surface area (Å²) in [6.45, 7) is 4.65. The van der Waals surface area contributed by atoms with E-state index in [1.165, 1.54) is 0 Å². The lowest BCUT2D eigenvalue weighted by Gasteiger charge is -2.15. The van der Waals surface area contributed by atoms with Gasteiger partial charge < -0.3 is 5.73 Å². The van der Waals surface area contributed by atoms with E-state index in [1.807, 2.05) is 31.2 Å². The minimum absolute atomic E-state index is 0.0151. The Morgan fingerprint density at radius 3 is 2.78 bits per heavy atom. The first-order valence-electron chi connectivity index (χ1n) is 6.40. The molecule has 18 heavy (non-hydrogen) atoms. The number of para-hydroxylation sites is 1. The van der Waals surface area contributed by atoms with E-state index in [1.54, 1.807) is 4.57 Å². The largest absolute Gasteiger partial charge is 0.322 e. The number of hydrogen-bond donors (Lipinski definition) is 1. The van der Waals surface area contributed by atoms with Gasteiger partial charge in [0, 0.05) is 6.54 Å². The average Bonchev–Trinajstić information content (AvgIpc) is 2.37. The summed E-state index contributed by atoms with van der Waals surface area (Å²) < 4.78 is 1.72. The van der Waals surface area contributed by atoms with Gasteiger partial charge in [-0.25, -0.2) is 4.98 Å². The minimum Gasteiger partial charge on any atom is -0.322 e. The zero-order valence-corrected chi connectivity index (χ0v) is 10.9. The zero-order chi connectivity index (χ0) is 13.1. The Labute approximate surface area is 106 Å². The summed E-state index contributed by atoms with van der Waals surface area (Å²) in [7, 11) is 0. The summed E-state index contributed by atoms with van der Waals surface area (Å²) in [4.78, 5) is 17.0. The molecular weight excluding hydrogens is 226 g/mol. The maximum absolute atomic E-state index is 12.4. The third-order valence-electron chi connectivity index (χ3n) is 3.03. The Bertz CT molecular complexity index is 602. The van der Waals surface area contributed by atoms with Gasteiger partial charge in [0.05, 0.1) is 16.9 Å². The van der Waals surface area contributed by atoms with Crippen LogP contribution in [0, 0.1) is 0 Å². The molecule has 2 aromatic rings. The van der Waals surface area contributed by atoms with Crippen LogP contribution in [-0.4, -0.2) is 9.55 Å². The molecule has 4 nitrogen and oxygen atoms in total. The topological polar surface area (TPSA) is 60.9 Å². The molecule has 0 spiro atoms. The predicted molar refractivity (Wildman–Crippen MR) is 73.5 cm³/mol. The smallest absolute Gasteiger partial charge is 0.261 e. The van der Waals surface area contributed by atoms with Gasteiger partial charge in [0.15, 0.2) is 0 Å². The third-order valence-corrected chi connectivity index (χ3v) is 3.03. The van der Waals surface area contributed by atoms with Crippen molar-refractivity contribution in [3.05, 3.63) is 40.4 Å². The van der Waals surface area contributed by atoms with Crippen molar-refractivity contribution in [2.45, 2.75) is 39.3 Å². The summed E-state index contributed by atoms with van der Waals surface area (Å²) in [5.74, 6) is 0.673. The van der Waals surface area contributed by atoms with Crippen LogP contribution in [0.3, 0.4) is 0 Å². The average molecular weight is 245 g/mol. The summed E-state index contributed by atoms with van der Waals surface area (Å²) in [5.41, 5.74) is 6.66. The summed E-state index contributed by atoms with van der Waals surface area (Å²) in [5, 5.41) is 0.665. The number of hydrogen-bond acceptors (Lipinski definition) is 3. The Hall–Kier alpha value is -1.68. The van der Waals surface area contributed by atoms with Crippen LogP contribution in [0.25, 0.3) is 10.9 Å². The molecule has 0 aliphatic heterocycles. The van der Waals surface area contributed by atoms with E-state index in [4.69, 9.17) is 5.73 Å². The van der Waals surface area contributed by atoms with Crippen LogP contribution in [0.2, 0.25) is 0 Å². The van der Waals surface area contributed by atoms with Crippen LogP contribution in [0.5, 0.6) is 0 Å². The van der Waals surface area contributed by atoms with Gasteiger partial charge >= 0.3 is 0 Å². The lowest BCUT2D eigenvalue weighted by molar-refractivity contribution is 0.550. The molecule has 0 aliphatic rings. The number of nitrogens with two attached hydrogens (primary N) is 1. The van der Waals surface area contributed by atoms with Crippen LogP contribution in [0.1, 0.15) is 38.6 Å².